The molecule has 0 spiro atoms. The summed E-state index contributed by atoms with van der Waals surface area (Å²) in [6, 6.07) is 0. The second-order valence-corrected chi connectivity index (χ2v) is 1.96. The van der Waals surface area contributed by atoms with E-state index in [2.05, 4.69) is 9.97 Å². The quantitative estimate of drug-likeness (QED) is 0.635. The molecule has 2 nitrogen and oxygen atoms in total. The largest absolute Gasteiger partial charge is 0.281 e. The SMILES string of the molecule is FC(F)c1ncncc1Cl. The molecular weight excluding hydrogens is 162 g/mol. The van der Waals surface area contributed by atoms with Crippen LogP contribution >= 0.6 is 11.6 Å². The smallest absolute Gasteiger partial charge is 0.243 e. The molecule has 1 rings (SSSR count). The third kappa shape index (κ3) is 1.39. The molecule has 0 saturated heterocycles. The van der Waals surface area contributed by atoms with Gasteiger partial charge in [0.1, 0.15) is 12.0 Å². The first kappa shape index (κ1) is 7.34. The first-order chi connectivity index (χ1) is 4.72. The second kappa shape index (κ2) is 2.88. The highest BCUT2D eigenvalue weighted by atomic mass is 35.5. The van der Waals surface area contributed by atoms with Gasteiger partial charge in [-0.1, -0.05) is 11.6 Å². The van der Waals surface area contributed by atoms with E-state index in [-0.39, 0.29) is 5.02 Å². The molecular formula is C5H3ClF2N2. The summed E-state index contributed by atoms with van der Waals surface area (Å²) < 4.78 is 23.7. The van der Waals surface area contributed by atoms with Crippen molar-refractivity contribution < 1.29 is 8.78 Å². The Labute approximate surface area is 60.9 Å². The van der Waals surface area contributed by atoms with Crippen LogP contribution in [0, 0.1) is 0 Å². The Kier molecular flexibility index (Phi) is 2.11. The second-order valence-electron chi connectivity index (χ2n) is 1.56. The molecule has 0 unspecified atom stereocenters. The normalized spacial score (nSPS) is 10.4. The van der Waals surface area contributed by atoms with Gasteiger partial charge >= 0.3 is 0 Å². The lowest BCUT2D eigenvalue weighted by molar-refractivity contribution is 0.146. The minimum absolute atomic E-state index is 0.0995. The van der Waals surface area contributed by atoms with Gasteiger partial charge in [-0.2, -0.15) is 0 Å². The number of hydrogen-bond donors (Lipinski definition) is 0. The van der Waals surface area contributed by atoms with E-state index in [0.29, 0.717) is 0 Å². The average Bonchev–Trinajstić information content (AvgIpc) is 1.88. The van der Waals surface area contributed by atoms with Crippen LogP contribution in [-0.4, -0.2) is 9.97 Å². The maximum atomic E-state index is 11.9. The van der Waals surface area contributed by atoms with Gasteiger partial charge in [0, 0.05) is 6.20 Å². The molecule has 0 fully saturated rings. The Balaban J connectivity index is 3.03. The number of aromatic nitrogens is 2. The number of halogens is 3. The van der Waals surface area contributed by atoms with Crippen LogP contribution in [0.3, 0.4) is 0 Å². The van der Waals surface area contributed by atoms with Gasteiger partial charge in [-0.3, -0.25) is 0 Å². The Morgan fingerprint density at radius 3 is 2.60 bits per heavy atom. The molecule has 10 heavy (non-hydrogen) atoms. The minimum atomic E-state index is -2.63. The fourth-order valence-electron chi connectivity index (χ4n) is 0.483. The molecule has 1 aromatic rings. The maximum Gasteiger partial charge on any atom is 0.281 e. The molecule has 0 amide bonds. The molecule has 54 valence electrons. The lowest BCUT2D eigenvalue weighted by Gasteiger charge is -1.97. The van der Waals surface area contributed by atoms with Crippen molar-refractivity contribution in [1.82, 2.24) is 9.97 Å². The van der Waals surface area contributed by atoms with Crippen molar-refractivity contribution in [3.63, 3.8) is 0 Å². The van der Waals surface area contributed by atoms with Crippen LogP contribution in [0.25, 0.3) is 0 Å². The predicted octanol–water partition coefficient (Wildman–Crippen LogP) is 2.07. The summed E-state index contributed by atoms with van der Waals surface area (Å²) in [5.74, 6) is 0. The Morgan fingerprint density at radius 2 is 2.20 bits per heavy atom. The summed E-state index contributed by atoms with van der Waals surface area (Å²) in [6.07, 6.45) is -0.459. The van der Waals surface area contributed by atoms with Gasteiger partial charge in [0.25, 0.3) is 6.43 Å². The van der Waals surface area contributed by atoms with Crippen molar-refractivity contribution in [2.24, 2.45) is 0 Å². The summed E-state index contributed by atoms with van der Waals surface area (Å²) in [7, 11) is 0. The first-order valence-corrected chi connectivity index (χ1v) is 2.83. The van der Waals surface area contributed by atoms with Crippen LogP contribution in [0.1, 0.15) is 12.1 Å². The highest BCUT2D eigenvalue weighted by Gasteiger charge is 2.12. The molecule has 1 heterocycles. The van der Waals surface area contributed by atoms with E-state index in [1.807, 2.05) is 0 Å². The van der Waals surface area contributed by atoms with Crippen LogP contribution in [-0.2, 0) is 0 Å². The van der Waals surface area contributed by atoms with Crippen LogP contribution in [0.5, 0.6) is 0 Å². The third-order valence-electron chi connectivity index (χ3n) is 0.903. The minimum Gasteiger partial charge on any atom is -0.243 e. The Hall–Kier alpha value is -0.770. The van der Waals surface area contributed by atoms with E-state index >= 15 is 0 Å². The summed E-state index contributed by atoms with van der Waals surface area (Å²) in [5.41, 5.74) is -0.420. The van der Waals surface area contributed by atoms with Crippen LogP contribution < -0.4 is 0 Å². The van der Waals surface area contributed by atoms with Crippen molar-refractivity contribution in [1.29, 1.82) is 0 Å². The highest BCUT2D eigenvalue weighted by Crippen LogP contribution is 2.22. The average molecular weight is 165 g/mol. The van der Waals surface area contributed by atoms with Crippen molar-refractivity contribution in [2.75, 3.05) is 0 Å². The van der Waals surface area contributed by atoms with Crippen molar-refractivity contribution in [3.8, 4) is 0 Å². The van der Waals surface area contributed by atoms with E-state index < -0.39 is 12.1 Å². The molecule has 0 atom stereocenters. The van der Waals surface area contributed by atoms with Gasteiger partial charge in [-0.05, 0) is 0 Å². The molecule has 0 bridgehead atoms. The van der Waals surface area contributed by atoms with Gasteiger partial charge in [0.2, 0.25) is 0 Å². The number of alkyl halides is 2. The van der Waals surface area contributed by atoms with E-state index in [9.17, 15) is 8.78 Å². The topological polar surface area (TPSA) is 25.8 Å². The lowest BCUT2D eigenvalue weighted by Crippen LogP contribution is -1.91. The highest BCUT2D eigenvalue weighted by molar-refractivity contribution is 6.31. The van der Waals surface area contributed by atoms with E-state index in [4.69, 9.17) is 11.6 Å². The van der Waals surface area contributed by atoms with Gasteiger partial charge in [-0.25, -0.2) is 18.7 Å². The van der Waals surface area contributed by atoms with Crippen molar-refractivity contribution in [2.45, 2.75) is 6.43 Å². The number of nitrogens with zero attached hydrogens (tertiary/aromatic N) is 2. The molecule has 1 aromatic heterocycles. The molecule has 5 heteroatoms. The van der Waals surface area contributed by atoms with E-state index in [1.165, 1.54) is 0 Å². The zero-order valence-electron chi connectivity index (χ0n) is 4.76. The zero-order chi connectivity index (χ0) is 7.56. The molecule has 0 N–H and O–H groups in total. The molecule has 0 aromatic carbocycles. The summed E-state index contributed by atoms with van der Waals surface area (Å²) in [6.45, 7) is 0. The number of hydrogen-bond acceptors (Lipinski definition) is 2. The van der Waals surface area contributed by atoms with E-state index in [0.717, 1.165) is 12.5 Å². The lowest BCUT2D eigenvalue weighted by atomic mass is 10.4. The van der Waals surface area contributed by atoms with Crippen LogP contribution in [0.15, 0.2) is 12.5 Å². The standard InChI is InChI=1S/C5H3ClF2N2/c6-3-1-9-2-10-4(3)5(7)8/h1-2,5H. The monoisotopic (exact) mass is 164 g/mol. The van der Waals surface area contributed by atoms with Gasteiger partial charge in [-0.15, -0.1) is 0 Å². The van der Waals surface area contributed by atoms with Gasteiger partial charge < -0.3 is 0 Å². The first-order valence-electron chi connectivity index (χ1n) is 2.45. The summed E-state index contributed by atoms with van der Waals surface area (Å²) in [4.78, 5) is 6.74. The van der Waals surface area contributed by atoms with Gasteiger partial charge in [0.05, 0.1) is 5.02 Å². The Bertz CT molecular complexity index is 229. The van der Waals surface area contributed by atoms with Crippen LogP contribution in [0.2, 0.25) is 5.02 Å². The van der Waals surface area contributed by atoms with Crippen LogP contribution in [0.4, 0.5) is 8.78 Å². The summed E-state index contributed by atoms with van der Waals surface area (Å²) in [5, 5.41) is -0.0995. The fraction of sp³-hybridized carbons (Fsp3) is 0.200. The van der Waals surface area contributed by atoms with E-state index in [1.54, 1.807) is 0 Å². The van der Waals surface area contributed by atoms with Crippen molar-refractivity contribution >= 4 is 11.6 Å². The molecule has 0 aliphatic rings. The molecule has 0 aliphatic carbocycles. The molecule has 0 aliphatic heterocycles. The van der Waals surface area contributed by atoms with Crippen molar-refractivity contribution in [3.05, 3.63) is 23.2 Å². The molecule has 0 saturated carbocycles. The zero-order valence-corrected chi connectivity index (χ0v) is 5.52. The van der Waals surface area contributed by atoms with Gasteiger partial charge in [0.15, 0.2) is 0 Å². The Morgan fingerprint density at radius 1 is 1.50 bits per heavy atom. The summed E-state index contributed by atoms with van der Waals surface area (Å²) >= 11 is 5.31. The fourth-order valence-corrected chi connectivity index (χ4v) is 0.670. The third-order valence-corrected chi connectivity index (χ3v) is 1.19. The number of rotatable bonds is 1. The molecule has 0 radical (unpaired) electrons. The predicted molar refractivity (Wildman–Crippen MR) is 32.0 cm³/mol. The maximum absolute atomic E-state index is 11.9.